The van der Waals surface area contributed by atoms with Crippen molar-refractivity contribution in [1.29, 1.82) is 0 Å². The predicted molar refractivity (Wildman–Crippen MR) is 147 cm³/mol. The minimum Gasteiger partial charge on any atom is -0.497 e. The predicted octanol–water partition coefficient (Wildman–Crippen LogP) is 4.32. The van der Waals surface area contributed by atoms with Gasteiger partial charge in [-0.25, -0.2) is 0 Å². The largest absolute Gasteiger partial charge is 0.497 e. The van der Waals surface area contributed by atoms with Gasteiger partial charge in [-0.1, -0.05) is 18.2 Å². The number of benzene rings is 2. The van der Waals surface area contributed by atoms with E-state index >= 15 is 0 Å². The van der Waals surface area contributed by atoms with Gasteiger partial charge in [0.2, 0.25) is 5.91 Å². The summed E-state index contributed by atoms with van der Waals surface area (Å²) in [5.41, 5.74) is 3.96. The number of carbonyl (C=O) groups is 1. The Morgan fingerprint density at radius 1 is 1.08 bits per heavy atom. The molecule has 3 heterocycles. The number of ether oxygens (including phenoxy) is 2. The highest BCUT2D eigenvalue weighted by Gasteiger charge is 2.48. The van der Waals surface area contributed by atoms with Crippen LogP contribution in [0, 0.1) is 0 Å². The van der Waals surface area contributed by atoms with Crippen molar-refractivity contribution in [2.24, 2.45) is 0 Å². The number of hydrogen-bond donors (Lipinski definition) is 2. The van der Waals surface area contributed by atoms with Crippen LogP contribution in [0.5, 0.6) is 11.5 Å². The molecule has 0 saturated carbocycles. The van der Waals surface area contributed by atoms with Gasteiger partial charge in [-0.05, 0) is 75.0 Å². The molecular formula is C30H40N4O3. The SMILES string of the molecule is CCNC(=O)CCCCN1CCc2c([nH]c3ccc(OC)cc23)C12CCN(CCOc1ccccc1)C2. The number of likely N-dealkylation sites (tertiary alicyclic amines) is 1. The molecule has 1 atom stereocenters. The molecule has 198 valence electrons. The molecule has 2 aliphatic rings. The van der Waals surface area contributed by atoms with Crippen molar-refractivity contribution in [2.75, 3.05) is 53.0 Å². The number of methoxy groups -OCH3 is 1. The van der Waals surface area contributed by atoms with Gasteiger partial charge in [0, 0.05) is 55.7 Å². The van der Waals surface area contributed by atoms with Gasteiger partial charge in [-0.3, -0.25) is 14.6 Å². The number of unbranched alkanes of at least 4 members (excludes halogenated alkanes) is 1. The lowest BCUT2D eigenvalue weighted by Crippen LogP contribution is -2.53. The summed E-state index contributed by atoms with van der Waals surface area (Å²) < 4.78 is 11.6. The average molecular weight is 505 g/mol. The Morgan fingerprint density at radius 3 is 2.76 bits per heavy atom. The molecule has 2 N–H and O–H groups in total. The first-order valence-electron chi connectivity index (χ1n) is 13.7. The van der Waals surface area contributed by atoms with Crippen LogP contribution in [-0.4, -0.2) is 73.7 Å². The first kappa shape index (κ1) is 25.6. The Morgan fingerprint density at radius 2 is 1.95 bits per heavy atom. The van der Waals surface area contributed by atoms with Crippen LogP contribution >= 0.6 is 0 Å². The van der Waals surface area contributed by atoms with E-state index in [2.05, 4.69) is 32.2 Å². The Kier molecular flexibility index (Phi) is 8.01. The molecule has 1 saturated heterocycles. The molecular weight excluding hydrogens is 464 g/mol. The number of aromatic nitrogens is 1. The van der Waals surface area contributed by atoms with Crippen LogP contribution in [0.25, 0.3) is 10.9 Å². The maximum Gasteiger partial charge on any atom is 0.219 e. The second kappa shape index (κ2) is 11.6. The summed E-state index contributed by atoms with van der Waals surface area (Å²) in [7, 11) is 1.73. The van der Waals surface area contributed by atoms with Crippen LogP contribution < -0.4 is 14.8 Å². The number of carbonyl (C=O) groups excluding carboxylic acids is 1. The molecule has 7 nitrogen and oxygen atoms in total. The average Bonchev–Trinajstić information content (AvgIpc) is 3.51. The summed E-state index contributed by atoms with van der Waals surface area (Å²) in [5, 5.41) is 4.21. The fourth-order valence-electron chi connectivity index (χ4n) is 6.16. The van der Waals surface area contributed by atoms with Gasteiger partial charge < -0.3 is 19.8 Å². The zero-order chi connectivity index (χ0) is 25.7. The highest BCUT2D eigenvalue weighted by atomic mass is 16.5. The number of aromatic amines is 1. The van der Waals surface area contributed by atoms with E-state index in [1.165, 1.54) is 22.2 Å². The molecule has 0 bridgehead atoms. The van der Waals surface area contributed by atoms with Gasteiger partial charge in [0.15, 0.2) is 0 Å². The van der Waals surface area contributed by atoms with Gasteiger partial charge >= 0.3 is 0 Å². The van der Waals surface area contributed by atoms with Gasteiger partial charge in [-0.2, -0.15) is 0 Å². The monoisotopic (exact) mass is 504 g/mol. The van der Waals surface area contributed by atoms with Gasteiger partial charge in [0.1, 0.15) is 18.1 Å². The Hall–Kier alpha value is -3.03. The summed E-state index contributed by atoms with van der Waals surface area (Å²) in [6, 6.07) is 16.4. The standard InChI is InChI=1S/C30H40N4O3/c1-3-31-28(35)11-7-8-16-34-17-14-25-26-21-24(36-2)12-13-27(26)32-29(25)30(34)15-18-33(22-30)19-20-37-23-9-5-4-6-10-23/h4-6,9-10,12-13,21,32H,3,7-8,11,14-20,22H2,1-2H3,(H,31,35). The molecule has 2 aliphatic heterocycles. The molecule has 5 rings (SSSR count). The first-order chi connectivity index (χ1) is 18.1. The van der Waals surface area contributed by atoms with E-state index in [4.69, 9.17) is 9.47 Å². The zero-order valence-corrected chi connectivity index (χ0v) is 22.2. The second-order valence-electron chi connectivity index (χ2n) is 10.3. The number of rotatable bonds is 11. The van der Waals surface area contributed by atoms with E-state index in [0.717, 1.165) is 69.9 Å². The van der Waals surface area contributed by atoms with Crippen LogP contribution in [0.3, 0.4) is 0 Å². The lowest BCUT2D eigenvalue weighted by atomic mass is 9.83. The molecule has 0 aliphatic carbocycles. The third-order valence-electron chi connectivity index (χ3n) is 8.02. The Bertz CT molecular complexity index is 1190. The molecule has 1 fully saturated rings. The van der Waals surface area contributed by atoms with Crippen molar-refractivity contribution >= 4 is 16.8 Å². The van der Waals surface area contributed by atoms with Crippen molar-refractivity contribution in [2.45, 2.75) is 44.6 Å². The molecule has 0 radical (unpaired) electrons. The van der Waals surface area contributed by atoms with Gasteiger partial charge in [0.05, 0.1) is 12.6 Å². The topological polar surface area (TPSA) is 69.8 Å². The maximum atomic E-state index is 11.9. The van der Waals surface area contributed by atoms with Crippen LogP contribution in [-0.2, 0) is 16.8 Å². The number of amides is 1. The third-order valence-corrected chi connectivity index (χ3v) is 8.02. The normalized spacial score (nSPS) is 19.8. The lowest BCUT2D eigenvalue weighted by Gasteiger charge is -2.45. The number of fused-ring (bicyclic) bond motifs is 4. The van der Waals surface area contributed by atoms with E-state index in [1.807, 2.05) is 43.3 Å². The number of hydrogen-bond acceptors (Lipinski definition) is 5. The molecule has 1 unspecified atom stereocenters. The molecule has 3 aromatic rings. The van der Waals surface area contributed by atoms with E-state index in [-0.39, 0.29) is 11.4 Å². The minimum atomic E-state index is -0.0434. The Labute approximate surface area is 220 Å². The fraction of sp³-hybridized carbons (Fsp3) is 0.500. The van der Waals surface area contributed by atoms with Crippen LogP contribution in [0.15, 0.2) is 48.5 Å². The van der Waals surface area contributed by atoms with Crippen molar-refractivity contribution in [1.82, 2.24) is 20.1 Å². The molecule has 37 heavy (non-hydrogen) atoms. The van der Waals surface area contributed by atoms with Crippen LogP contribution in [0.2, 0.25) is 0 Å². The first-order valence-corrected chi connectivity index (χ1v) is 13.7. The summed E-state index contributed by atoms with van der Waals surface area (Å²) >= 11 is 0. The van der Waals surface area contributed by atoms with E-state index < -0.39 is 0 Å². The molecule has 1 aromatic heterocycles. The van der Waals surface area contributed by atoms with Gasteiger partial charge in [0.25, 0.3) is 0 Å². The molecule has 7 heteroatoms. The molecule has 1 amide bonds. The fourth-order valence-corrected chi connectivity index (χ4v) is 6.16. The van der Waals surface area contributed by atoms with E-state index in [9.17, 15) is 4.79 Å². The number of nitrogens with zero attached hydrogens (tertiary/aromatic N) is 2. The van der Waals surface area contributed by atoms with Crippen molar-refractivity contribution < 1.29 is 14.3 Å². The van der Waals surface area contributed by atoms with Crippen LogP contribution in [0.4, 0.5) is 0 Å². The van der Waals surface area contributed by atoms with E-state index in [0.29, 0.717) is 19.6 Å². The van der Waals surface area contributed by atoms with E-state index in [1.54, 1.807) is 7.11 Å². The smallest absolute Gasteiger partial charge is 0.219 e. The van der Waals surface area contributed by atoms with Gasteiger partial charge in [-0.15, -0.1) is 0 Å². The number of nitrogens with one attached hydrogen (secondary N) is 2. The molecule has 1 spiro atoms. The van der Waals surface area contributed by atoms with Crippen LogP contribution in [0.1, 0.15) is 43.9 Å². The van der Waals surface area contributed by atoms with Crippen molar-refractivity contribution in [3.8, 4) is 11.5 Å². The second-order valence-corrected chi connectivity index (χ2v) is 10.3. The maximum absolute atomic E-state index is 11.9. The quantitative estimate of drug-likeness (QED) is 0.381. The molecule has 2 aromatic carbocycles. The highest BCUT2D eigenvalue weighted by Crippen LogP contribution is 2.45. The summed E-state index contributed by atoms with van der Waals surface area (Å²) in [5.74, 6) is 1.99. The lowest BCUT2D eigenvalue weighted by molar-refractivity contribution is -0.121. The van der Waals surface area contributed by atoms with Crippen molar-refractivity contribution in [3.63, 3.8) is 0 Å². The van der Waals surface area contributed by atoms with Crippen molar-refractivity contribution in [3.05, 3.63) is 59.8 Å². The number of para-hydroxylation sites is 1. The minimum absolute atomic E-state index is 0.0434. The number of H-pyrrole nitrogens is 1. The summed E-state index contributed by atoms with van der Waals surface area (Å²) in [6.07, 6.45) is 4.67. The summed E-state index contributed by atoms with van der Waals surface area (Å²) in [4.78, 5) is 21.0. The third kappa shape index (κ3) is 5.48. The summed E-state index contributed by atoms with van der Waals surface area (Å²) in [6.45, 7) is 8.34. The highest BCUT2D eigenvalue weighted by molar-refractivity contribution is 5.87. The zero-order valence-electron chi connectivity index (χ0n) is 22.2. The Balaban J connectivity index is 1.33.